The molecular weight excluding hydrogens is 187 g/mol. The minimum absolute atomic E-state index is 0. The fraction of sp³-hybridized carbons (Fsp3) is 0. The fourth-order valence-corrected chi connectivity index (χ4v) is 0. The van der Waals surface area contributed by atoms with Crippen LogP contribution in [0.5, 0.6) is 0 Å². The molecular formula is CH2CaFeNZn-. The first-order chi connectivity index (χ1) is 1.00. The van der Waals surface area contributed by atoms with Gasteiger partial charge in [-0.1, -0.05) is 0 Å². The van der Waals surface area contributed by atoms with E-state index in [1.54, 1.807) is 0 Å². The van der Waals surface area contributed by atoms with Gasteiger partial charge in [0, 0.05) is 36.5 Å². The minimum atomic E-state index is 0. The topological polar surface area (TPSA) is 23.8 Å². The predicted octanol–water partition coefficient (Wildman–Crippen LogP) is -0.0644. The molecule has 0 saturated heterocycles. The van der Waals surface area contributed by atoms with Gasteiger partial charge in [-0.05, 0) is 0 Å². The summed E-state index contributed by atoms with van der Waals surface area (Å²) in [6.07, 6.45) is 0. The van der Waals surface area contributed by atoms with Crippen LogP contribution >= 0.6 is 0 Å². The van der Waals surface area contributed by atoms with Gasteiger partial charge in [-0.2, -0.15) is 0 Å². The summed E-state index contributed by atoms with van der Waals surface area (Å²) in [4.78, 5) is 0. The van der Waals surface area contributed by atoms with E-state index in [9.17, 15) is 0 Å². The molecule has 0 rings (SSSR count). The standard InChI is InChI=1S/CN.Ca.Fe.Zn.2H/c1-2;;;;;/q-1;+2;;;2*-1. The van der Waals surface area contributed by atoms with Crippen molar-refractivity contribution in [3.63, 3.8) is 0 Å². The van der Waals surface area contributed by atoms with Crippen molar-refractivity contribution in [2.75, 3.05) is 0 Å². The first-order valence-corrected chi connectivity index (χ1v) is 0.224. The van der Waals surface area contributed by atoms with Crippen LogP contribution in [0.2, 0.25) is 0 Å². The first-order valence-electron chi connectivity index (χ1n) is 0.224. The van der Waals surface area contributed by atoms with Gasteiger partial charge in [0.25, 0.3) is 0 Å². The monoisotopic (exact) mass is 188 g/mol. The quantitative estimate of drug-likeness (QED) is 0.387. The van der Waals surface area contributed by atoms with Gasteiger partial charge in [0.1, 0.15) is 0 Å². The minimum Gasteiger partial charge on any atom is -1.00 e. The normalized spacial score (nSPS) is 0.400. The third kappa shape index (κ3) is 24.9. The SMILES string of the molecule is [C-]#N.[Ca+2].[Fe].[H-].[H-].[Zn]. The fourth-order valence-electron chi connectivity index (χ4n) is 0. The van der Waals surface area contributed by atoms with E-state index in [0.717, 1.165) is 0 Å². The molecule has 0 aromatic rings. The molecule has 0 saturated carbocycles. The van der Waals surface area contributed by atoms with Gasteiger partial charge >= 0.3 is 37.7 Å². The Balaban J connectivity index is -0.000000000500. The molecule has 0 aromatic carbocycles. The Morgan fingerprint density at radius 1 is 1.40 bits per heavy atom. The third-order valence-electron chi connectivity index (χ3n) is 0. The summed E-state index contributed by atoms with van der Waals surface area (Å²) in [6, 6.07) is 0. The molecule has 0 radical (unpaired) electrons. The maximum Gasteiger partial charge on any atom is 2.00 e. The van der Waals surface area contributed by atoms with Crippen molar-refractivity contribution < 1.29 is 39.4 Å². The zero-order valence-corrected chi connectivity index (χ0v) is 8.99. The summed E-state index contributed by atoms with van der Waals surface area (Å²) < 4.78 is 0. The number of rotatable bonds is 0. The van der Waals surface area contributed by atoms with Crippen LogP contribution in [0.1, 0.15) is 2.85 Å². The predicted molar refractivity (Wildman–Crippen MR) is 12.9 cm³/mol. The van der Waals surface area contributed by atoms with Crippen molar-refractivity contribution in [1.82, 2.24) is 0 Å². The Bertz CT molecular complexity index is 22.4. The summed E-state index contributed by atoms with van der Waals surface area (Å²) in [7, 11) is 0. The van der Waals surface area contributed by atoms with E-state index >= 15 is 0 Å². The van der Waals surface area contributed by atoms with Crippen molar-refractivity contribution in [1.29, 1.82) is 5.26 Å². The molecule has 5 heavy (non-hydrogen) atoms. The van der Waals surface area contributed by atoms with E-state index < -0.39 is 0 Å². The second-order valence-corrected chi connectivity index (χ2v) is 0. The molecule has 0 aliphatic heterocycles. The molecule has 0 aliphatic rings. The van der Waals surface area contributed by atoms with Crippen LogP contribution in [-0.2, 0) is 36.5 Å². The molecule has 0 aliphatic carbocycles. The third-order valence-corrected chi connectivity index (χ3v) is 0. The van der Waals surface area contributed by atoms with Gasteiger partial charge in [-0.3, -0.25) is 0 Å². The molecule has 0 fully saturated rings. The van der Waals surface area contributed by atoms with E-state index in [-0.39, 0.29) is 77.1 Å². The van der Waals surface area contributed by atoms with E-state index in [2.05, 4.69) is 0 Å². The van der Waals surface area contributed by atoms with E-state index in [1.165, 1.54) is 0 Å². The first kappa shape index (κ1) is 28.6. The van der Waals surface area contributed by atoms with Crippen LogP contribution in [0.4, 0.5) is 0 Å². The van der Waals surface area contributed by atoms with Crippen LogP contribution in [0.3, 0.4) is 0 Å². The molecule has 0 atom stereocenters. The molecule has 0 unspecified atom stereocenters. The second kappa shape index (κ2) is 39.4. The van der Waals surface area contributed by atoms with Gasteiger partial charge in [0.15, 0.2) is 0 Å². The smallest absolute Gasteiger partial charge is 1.00 e. The number of hydrogen-bond donors (Lipinski definition) is 0. The zero-order valence-electron chi connectivity index (χ0n) is 4.71. The molecule has 0 bridgehead atoms. The molecule has 0 amide bonds. The average molecular weight is 189 g/mol. The van der Waals surface area contributed by atoms with Gasteiger partial charge in [0.05, 0.1) is 0 Å². The van der Waals surface area contributed by atoms with Crippen molar-refractivity contribution in [3.8, 4) is 0 Å². The Morgan fingerprint density at radius 2 is 1.40 bits per heavy atom. The van der Waals surface area contributed by atoms with Gasteiger partial charge in [-0.15, -0.1) is 0 Å². The van der Waals surface area contributed by atoms with Gasteiger partial charge in [-0.25, -0.2) is 0 Å². The van der Waals surface area contributed by atoms with Crippen LogP contribution in [-0.4, -0.2) is 37.7 Å². The Kier molecular flexibility index (Phi) is 225. The van der Waals surface area contributed by atoms with Crippen LogP contribution in [0.25, 0.3) is 0 Å². The van der Waals surface area contributed by atoms with E-state index in [0.29, 0.717) is 0 Å². The van der Waals surface area contributed by atoms with Crippen LogP contribution in [0.15, 0.2) is 0 Å². The Labute approximate surface area is 87.7 Å². The molecule has 1 nitrogen and oxygen atoms in total. The molecule has 0 spiro atoms. The second-order valence-electron chi connectivity index (χ2n) is 0. The summed E-state index contributed by atoms with van der Waals surface area (Å²) in [5.41, 5.74) is 0. The molecule has 24 valence electrons. The molecule has 4 heteroatoms. The van der Waals surface area contributed by atoms with Crippen molar-refractivity contribution in [2.45, 2.75) is 0 Å². The van der Waals surface area contributed by atoms with Crippen LogP contribution < -0.4 is 0 Å². The summed E-state index contributed by atoms with van der Waals surface area (Å²) >= 11 is 0. The van der Waals surface area contributed by atoms with E-state index in [1.807, 2.05) is 0 Å². The number of nitrogens with zero attached hydrogens (tertiary/aromatic N) is 1. The van der Waals surface area contributed by atoms with E-state index in [4.69, 9.17) is 11.8 Å². The summed E-state index contributed by atoms with van der Waals surface area (Å²) in [5, 5.41) is 6.25. The average Bonchev–Trinajstić information content (AvgIpc) is 1.00. The molecule has 0 aromatic heterocycles. The summed E-state index contributed by atoms with van der Waals surface area (Å²) in [6.45, 7) is 4.75. The van der Waals surface area contributed by atoms with Gasteiger partial charge in [0.2, 0.25) is 0 Å². The zero-order chi connectivity index (χ0) is 2.00. The van der Waals surface area contributed by atoms with Crippen LogP contribution in [0, 0.1) is 11.8 Å². The maximum atomic E-state index is 6.25. The van der Waals surface area contributed by atoms with Crippen molar-refractivity contribution in [2.24, 2.45) is 0 Å². The van der Waals surface area contributed by atoms with Crippen molar-refractivity contribution in [3.05, 3.63) is 6.57 Å². The van der Waals surface area contributed by atoms with Crippen molar-refractivity contribution >= 4 is 37.7 Å². The Hall–Kier alpha value is 1.89. The largest absolute Gasteiger partial charge is 2.00 e. The summed E-state index contributed by atoms with van der Waals surface area (Å²) in [5.74, 6) is 0. The molecule has 0 N–H and O–H groups in total. The molecule has 0 heterocycles. The van der Waals surface area contributed by atoms with Gasteiger partial charge < -0.3 is 14.7 Å². The maximum absolute atomic E-state index is 6.25. The Morgan fingerprint density at radius 3 is 1.40 bits per heavy atom. The number of hydrogen-bond acceptors (Lipinski definition) is 1.